The average Bonchev–Trinajstić information content (AvgIpc) is 2.75. The lowest BCUT2D eigenvalue weighted by Crippen LogP contribution is -2.36. The van der Waals surface area contributed by atoms with Crippen LogP contribution in [-0.4, -0.2) is 17.4 Å². The monoisotopic (exact) mass is 251 g/mol. The van der Waals surface area contributed by atoms with Gasteiger partial charge in [0.1, 0.15) is 6.26 Å². The number of nitrogens with zero attached hydrogens (tertiary/aromatic N) is 1. The van der Waals surface area contributed by atoms with Gasteiger partial charge in [0.2, 0.25) is 5.91 Å². The fourth-order valence-corrected chi connectivity index (χ4v) is 2.67. The highest BCUT2D eigenvalue weighted by molar-refractivity contribution is 5.89. The number of carbonyl (C=O) groups is 1. The number of nitrogens with one attached hydrogen (secondary N) is 1. The first-order valence-corrected chi connectivity index (χ1v) is 6.56. The van der Waals surface area contributed by atoms with Crippen molar-refractivity contribution in [3.8, 4) is 0 Å². The molecule has 1 aromatic heterocycles. The minimum Gasteiger partial charge on any atom is -0.432 e. The van der Waals surface area contributed by atoms with Crippen LogP contribution in [0.3, 0.4) is 0 Å². The molecule has 0 saturated heterocycles. The van der Waals surface area contributed by atoms with E-state index in [4.69, 9.17) is 10.2 Å². The van der Waals surface area contributed by atoms with Crippen molar-refractivity contribution < 1.29 is 9.21 Å². The molecule has 1 aliphatic rings. The summed E-state index contributed by atoms with van der Waals surface area (Å²) in [6.45, 7) is 2.40. The Morgan fingerprint density at radius 3 is 2.78 bits per heavy atom. The van der Waals surface area contributed by atoms with E-state index >= 15 is 0 Å². The molecule has 0 spiro atoms. The number of amides is 1. The minimum atomic E-state index is -0.0517. The maximum Gasteiger partial charge on any atom is 0.301 e. The molecule has 18 heavy (non-hydrogen) atoms. The van der Waals surface area contributed by atoms with Gasteiger partial charge in [-0.2, -0.15) is 4.98 Å². The average molecular weight is 251 g/mol. The number of carbonyl (C=O) groups excluding carboxylic acids is 1. The number of rotatable bonds is 4. The molecule has 0 atom stereocenters. The molecule has 5 heteroatoms. The van der Waals surface area contributed by atoms with Crippen LogP contribution in [0.2, 0.25) is 0 Å². The third-order valence-electron chi connectivity index (χ3n) is 3.75. The van der Waals surface area contributed by atoms with E-state index in [2.05, 4.69) is 10.3 Å². The first-order chi connectivity index (χ1) is 8.63. The van der Waals surface area contributed by atoms with Crippen molar-refractivity contribution in [3.05, 3.63) is 12.0 Å². The van der Waals surface area contributed by atoms with Crippen LogP contribution in [-0.2, 0) is 4.79 Å². The third kappa shape index (κ3) is 3.10. The van der Waals surface area contributed by atoms with Crippen LogP contribution >= 0.6 is 0 Å². The highest BCUT2D eigenvalue weighted by Crippen LogP contribution is 2.38. The van der Waals surface area contributed by atoms with Crippen LogP contribution < -0.4 is 11.1 Å². The molecule has 0 aromatic carbocycles. The second-order valence-electron chi connectivity index (χ2n) is 5.28. The van der Waals surface area contributed by atoms with Gasteiger partial charge in [0, 0.05) is 6.42 Å². The summed E-state index contributed by atoms with van der Waals surface area (Å²) in [5.41, 5.74) is 6.60. The van der Waals surface area contributed by atoms with Gasteiger partial charge in [0.15, 0.2) is 0 Å². The number of hydrogen-bond donors (Lipinski definition) is 2. The Bertz CT molecular complexity index is 408. The van der Waals surface area contributed by atoms with E-state index in [1.165, 1.54) is 25.5 Å². The van der Waals surface area contributed by atoms with Crippen molar-refractivity contribution in [2.24, 2.45) is 11.1 Å². The SMILES string of the molecule is Cc1coc(NC(=O)CC2(CN)CCCCC2)n1. The van der Waals surface area contributed by atoms with E-state index in [0.29, 0.717) is 13.0 Å². The summed E-state index contributed by atoms with van der Waals surface area (Å²) in [5.74, 6) is -0.0517. The van der Waals surface area contributed by atoms with Gasteiger partial charge in [-0.3, -0.25) is 10.1 Å². The molecule has 1 saturated carbocycles. The molecule has 1 aromatic rings. The molecule has 0 unspecified atom stereocenters. The number of aromatic nitrogens is 1. The fraction of sp³-hybridized carbons (Fsp3) is 0.692. The van der Waals surface area contributed by atoms with E-state index in [-0.39, 0.29) is 17.3 Å². The van der Waals surface area contributed by atoms with Gasteiger partial charge in [-0.1, -0.05) is 19.3 Å². The summed E-state index contributed by atoms with van der Waals surface area (Å²) < 4.78 is 5.12. The zero-order valence-electron chi connectivity index (χ0n) is 10.9. The van der Waals surface area contributed by atoms with Crippen molar-refractivity contribution in [2.75, 3.05) is 11.9 Å². The van der Waals surface area contributed by atoms with Gasteiger partial charge in [-0.25, -0.2) is 0 Å². The number of oxazole rings is 1. The second-order valence-corrected chi connectivity index (χ2v) is 5.28. The number of hydrogen-bond acceptors (Lipinski definition) is 4. The predicted molar refractivity (Wildman–Crippen MR) is 69.1 cm³/mol. The largest absolute Gasteiger partial charge is 0.432 e. The zero-order chi connectivity index (χ0) is 13.0. The van der Waals surface area contributed by atoms with Crippen molar-refractivity contribution in [3.63, 3.8) is 0 Å². The van der Waals surface area contributed by atoms with Crippen molar-refractivity contribution in [2.45, 2.75) is 45.4 Å². The molecule has 0 aliphatic heterocycles. The van der Waals surface area contributed by atoms with Gasteiger partial charge in [-0.05, 0) is 31.7 Å². The Hall–Kier alpha value is -1.36. The normalized spacial score (nSPS) is 18.6. The zero-order valence-corrected chi connectivity index (χ0v) is 10.9. The molecule has 2 rings (SSSR count). The van der Waals surface area contributed by atoms with Gasteiger partial charge >= 0.3 is 6.01 Å². The summed E-state index contributed by atoms with van der Waals surface area (Å²) in [6.07, 6.45) is 7.66. The van der Waals surface area contributed by atoms with Gasteiger partial charge in [-0.15, -0.1) is 0 Å². The highest BCUT2D eigenvalue weighted by Gasteiger charge is 2.33. The number of nitrogens with two attached hydrogens (primary N) is 1. The first kappa shape index (κ1) is 13.1. The number of anilines is 1. The molecular formula is C13H21N3O2. The Balaban J connectivity index is 1.93. The molecule has 1 heterocycles. The maximum atomic E-state index is 12.0. The molecule has 5 nitrogen and oxygen atoms in total. The Labute approximate surface area is 107 Å². The Kier molecular flexibility index (Phi) is 4.01. The molecule has 0 radical (unpaired) electrons. The van der Waals surface area contributed by atoms with Crippen LogP contribution in [0.4, 0.5) is 6.01 Å². The van der Waals surface area contributed by atoms with E-state index in [1.807, 2.05) is 6.92 Å². The highest BCUT2D eigenvalue weighted by atomic mass is 16.4. The summed E-state index contributed by atoms with van der Waals surface area (Å²) in [6, 6.07) is 0.278. The Morgan fingerprint density at radius 2 is 2.22 bits per heavy atom. The molecular weight excluding hydrogens is 230 g/mol. The first-order valence-electron chi connectivity index (χ1n) is 6.56. The molecule has 1 aliphatic carbocycles. The summed E-state index contributed by atoms with van der Waals surface area (Å²) in [5, 5.41) is 2.70. The van der Waals surface area contributed by atoms with Crippen LogP contribution in [0, 0.1) is 12.3 Å². The molecule has 0 bridgehead atoms. The van der Waals surface area contributed by atoms with E-state index < -0.39 is 0 Å². The molecule has 3 N–H and O–H groups in total. The van der Waals surface area contributed by atoms with Crippen LogP contribution in [0.25, 0.3) is 0 Å². The van der Waals surface area contributed by atoms with Crippen LogP contribution in [0.1, 0.15) is 44.2 Å². The summed E-state index contributed by atoms with van der Waals surface area (Å²) >= 11 is 0. The summed E-state index contributed by atoms with van der Waals surface area (Å²) in [4.78, 5) is 16.0. The fourth-order valence-electron chi connectivity index (χ4n) is 2.67. The van der Waals surface area contributed by atoms with E-state index in [9.17, 15) is 4.79 Å². The van der Waals surface area contributed by atoms with E-state index in [0.717, 1.165) is 18.5 Å². The number of aryl methyl sites for hydroxylation is 1. The van der Waals surface area contributed by atoms with Crippen LogP contribution in [0.15, 0.2) is 10.7 Å². The smallest absolute Gasteiger partial charge is 0.301 e. The van der Waals surface area contributed by atoms with Crippen LogP contribution in [0.5, 0.6) is 0 Å². The summed E-state index contributed by atoms with van der Waals surface area (Å²) in [7, 11) is 0. The molecule has 1 fully saturated rings. The standard InChI is InChI=1S/C13H21N3O2/c1-10-8-18-12(15-10)16-11(17)7-13(9-14)5-3-2-4-6-13/h8H,2-7,9,14H2,1H3,(H,15,16,17). The van der Waals surface area contributed by atoms with Gasteiger partial charge < -0.3 is 10.2 Å². The van der Waals surface area contributed by atoms with E-state index in [1.54, 1.807) is 0 Å². The topological polar surface area (TPSA) is 81.2 Å². The maximum absolute atomic E-state index is 12.0. The predicted octanol–water partition coefficient (Wildman–Crippen LogP) is 2.22. The molecule has 1 amide bonds. The van der Waals surface area contributed by atoms with Crippen molar-refractivity contribution >= 4 is 11.9 Å². The lowest BCUT2D eigenvalue weighted by molar-refractivity contribution is -0.119. The van der Waals surface area contributed by atoms with Crippen molar-refractivity contribution in [1.29, 1.82) is 0 Å². The van der Waals surface area contributed by atoms with Crippen molar-refractivity contribution in [1.82, 2.24) is 4.98 Å². The second kappa shape index (κ2) is 5.52. The third-order valence-corrected chi connectivity index (χ3v) is 3.75. The quantitative estimate of drug-likeness (QED) is 0.859. The Morgan fingerprint density at radius 1 is 1.50 bits per heavy atom. The van der Waals surface area contributed by atoms with Gasteiger partial charge in [0.05, 0.1) is 5.69 Å². The lowest BCUT2D eigenvalue weighted by atomic mass is 9.72. The molecule has 100 valence electrons. The van der Waals surface area contributed by atoms with Gasteiger partial charge in [0.25, 0.3) is 0 Å². The minimum absolute atomic E-state index is 0.0238. The lowest BCUT2D eigenvalue weighted by Gasteiger charge is -2.35.